The molecule has 0 aromatic carbocycles. The van der Waals surface area contributed by atoms with Gasteiger partial charge in [-0.25, -0.2) is 9.59 Å². The number of urea groups is 1. The van der Waals surface area contributed by atoms with E-state index in [2.05, 4.69) is 10.6 Å². The average molecular weight is 577 g/mol. The van der Waals surface area contributed by atoms with Gasteiger partial charge in [0.15, 0.2) is 11.6 Å². The van der Waals surface area contributed by atoms with Crippen molar-refractivity contribution in [1.29, 1.82) is 0 Å². The molecule has 2 heterocycles. The van der Waals surface area contributed by atoms with Crippen LogP contribution in [0.5, 0.6) is 0 Å². The molecule has 13 heteroatoms. The number of ether oxygens (including phenoxy) is 1. The molecule has 41 heavy (non-hydrogen) atoms. The van der Waals surface area contributed by atoms with Crippen molar-refractivity contribution < 1.29 is 38.6 Å². The third-order valence-corrected chi connectivity index (χ3v) is 6.09. The number of rotatable bonds is 18. The van der Waals surface area contributed by atoms with Crippen LogP contribution >= 0.6 is 0 Å². The molecule has 226 valence electrons. The van der Waals surface area contributed by atoms with Crippen molar-refractivity contribution in [3.63, 3.8) is 0 Å². The summed E-state index contributed by atoms with van der Waals surface area (Å²) in [7, 11) is 0. The number of aromatic nitrogens is 1. The highest BCUT2D eigenvalue weighted by molar-refractivity contribution is 5.91. The smallest absolute Gasteiger partial charge is 0.330 e. The molecular formula is C28H40N4O9. The summed E-state index contributed by atoms with van der Waals surface area (Å²) in [4.78, 5) is 86.2. The molecule has 0 spiro atoms. The number of hydrogen-bond donors (Lipinski definition) is 3. The topological polar surface area (TPSA) is 181 Å². The number of amides is 3. The molecule has 0 saturated carbocycles. The number of carbonyl (C=O) groups is 6. The van der Waals surface area contributed by atoms with Gasteiger partial charge in [0.05, 0.1) is 25.6 Å². The minimum atomic E-state index is -1.16. The third-order valence-electron chi connectivity index (χ3n) is 6.09. The minimum absolute atomic E-state index is 0. The van der Waals surface area contributed by atoms with Gasteiger partial charge < -0.3 is 29.9 Å². The van der Waals surface area contributed by atoms with Gasteiger partial charge in [-0.3, -0.25) is 24.0 Å². The van der Waals surface area contributed by atoms with Crippen molar-refractivity contribution in [1.82, 2.24) is 20.1 Å². The fourth-order valence-corrected chi connectivity index (χ4v) is 4.05. The van der Waals surface area contributed by atoms with Gasteiger partial charge in [-0.1, -0.05) is 19.6 Å². The van der Waals surface area contributed by atoms with Crippen LogP contribution in [-0.2, 0) is 41.7 Å². The summed E-state index contributed by atoms with van der Waals surface area (Å²) in [6, 6.07) is 1.84. The molecule has 0 aliphatic carbocycles. The summed E-state index contributed by atoms with van der Waals surface area (Å²) in [5, 5.41) is 14.0. The maximum absolute atomic E-state index is 13.1. The summed E-state index contributed by atoms with van der Waals surface area (Å²) in [6.45, 7) is 3.30. The predicted molar refractivity (Wildman–Crippen MR) is 149 cm³/mol. The lowest BCUT2D eigenvalue weighted by molar-refractivity contribution is -0.139. The zero-order valence-electron chi connectivity index (χ0n) is 22.6. The van der Waals surface area contributed by atoms with Crippen molar-refractivity contribution in [2.45, 2.75) is 71.9 Å². The van der Waals surface area contributed by atoms with Crippen molar-refractivity contribution in [2.24, 2.45) is 0 Å². The Morgan fingerprint density at radius 3 is 2.59 bits per heavy atom. The molecule has 0 bridgehead atoms. The van der Waals surface area contributed by atoms with Crippen molar-refractivity contribution >= 4 is 35.4 Å². The summed E-state index contributed by atoms with van der Waals surface area (Å²) in [5.41, 5.74) is -0.373. The molecule has 3 amide bonds. The van der Waals surface area contributed by atoms with Gasteiger partial charge in [-0.05, 0) is 32.3 Å². The first-order valence-electron chi connectivity index (χ1n) is 13.2. The Labute approximate surface area is 238 Å². The quantitative estimate of drug-likeness (QED) is 0.171. The van der Waals surface area contributed by atoms with Crippen LogP contribution in [0.15, 0.2) is 35.3 Å². The van der Waals surface area contributed by atoms with E-state index in [1.165, 1.54) is 29.0 Å². The highest BCUT2D eigenvalue weighted by Gasteiger charge is 2.23. The number of allylic oxidation sites excluding steroid dienone is 1. The second-order valence-electron chi connectivity index (χ2n) is 9.22. The minimum Gasteiger partial charge on any atom is -0.481 e. The van der Waals surface area contributed by atoms with Crippen LogP contribution in [0.4, 0.5) is 4.79 Å². The maximum atomic E-state index is 13.1. The molecule has 1 aromatic heterocycles. The van der Waals surface area contributed by atoms with Crippen molar-refractivity contribution in [2.75, 3.05) is 26.2 Å². The molecular weight excluding hydrogens is 536 g/mol. The maximum Gasteiger partial charge on any atom is 0.330 e. The normalized spacial score (nSPS) is 13.3. The summed E-state index contributed by atoms with van der Waals surface area (Å²) >= 11 is 0. The standard InChI is InChI=1S/C27H36N4O9.CH4/c1-2-40-25(37)10-4-3-9-21(29-23(34)11-12-24(35)36)22(33)17-19-7-5-15-31(26(19)38)18-20(32)8-6-14-30-16-13-28-27(30)39;/h4-5,7,10,15,21H,2-3,6,8-9,11-14,16-18H2,1H3,(H,28,39)(H,29,34)(H,35,36);1H4/b10-4+;/t21-;/m0./s1. The van der Waals surface area contributed by atoms with Crippen LogP contribution in [0.1, 0.15) is 58.4 Å². The van der Waals surface area contributed by atoms with Crippen LogP contribution in [0, 0.1) is 0 Å². The van der Waals surface area contributed by atoms with E-state index in [0.29, 0.717) is 26.1 Å². The van der Waals surface area contributed by atoms with Crippen LogP contribution < -0.4 is 16.2 Å². The number of carbonyl (C=O) groups excluding carboxylic acids is 5. The van der Waals surface area contributed by atoms with E-state index in [0.717, 1.165) is 0 Å². The molecule has 2 rings (SSSR count). The molecule has 1 aliphatic rings. The summed E-state index contributed by atoms with van der Waals surface area (Å²) in [6.07, 6.45) is 4.12. The third kappa shape index (κ3) is 12.6. The van der Waals surface area contributed by atoms with E-state index in [4.69, 9.17) is 9.84 Å². The molecule has 1 aliphatic heterocycles. The lowest BCUT2D eigenvalue weighted by Gasteiger charge is -2.17. The Kier molecular flexibility index (Phi) is 15.4. The Morgan fingerprint density at radius 1 is 1.17 bits per heavy atom. The second kappa shape index (κ2) is 18.1. The van der Waals surface area contributed by atoms with Crippen LogP contribution in [-0.4, -0.2) is 82.3 Å². The molecule has 13 nitrogen and oxygen atoms in total. The first kappa shape index (κ1) is 34.7. The van der Waals surface area contributed by atoms with Gasteiger partial charge in [0.2, 0.25) is 5.91 Å². The second-order valence-corrected chi connectivity index (χ2v) is 9.22. The Hall–Kier alpha value is -4.29. The number of ketones is 2. The van der Waals surface area contributed by atoms with E-state index in [-0.39, 0.29) is 70.1 Å². The summed E-state index contributed by atoms with van der Waals surface area (Å²) < 4.78 is 6.02. The van der Waals surface area contributed by atoms with E-state index < -0.39 is 41.7 Å². The molecule has 1 fully saturated rings. The van der Waals surface area contributed by atoms with E-state index in [1.807, 2.05) is 0 Å². The van der Waals surface area contributed by atoms with Crippen LogP contribution in [0.3, 0.4) is 0 Å². The first-order valence-corrected chi connectivity index (χ1v) is 13.2. The van der Waals surface area contributed by atoms with Gasteiger partial charge in [0.1, 0.15) is 0 Å². The fraction of sp³-hybridized carbons (Fsp3) is 0.536. The first-order chi connectivity index (χ1) is 19.1. The molecule has 0 unspecified atom stereocenters. The fourth-order valence-electron chi connectivity index (χ4n) is 4.05. The monoisotopic (exact) mass is 576 g/mol. The van der Waals surface area contributed by atoms with Crippen molar-refractivity contribution in [3.05, 3.63) is 46.4 Å². The number of Topliss-reactive ketones (excluding diaryl/α,β-unsaturated/α-hetero) is 2. The number of esters is 1. The Bertz CT molecular complexity index is 1180. The molecule has 1 saturated heterocycles. The van der Waals surface area contributed by atoms with Gasteiger partial charge >= 0.3 is 18.0 Å². The van der Waals surface area contributed by atoms with Gasteiger partial charge in [0.25, 0.3) is 5.56 Å². The number of pyridine rings is 1. The molecule has 3 N–H and O–H groups in total. The van der Waals surface area contributed by atoms with Gasteiger partial charge in [-0.15, -0.1) is 0 Å². The number of carboxylic acids is 1. The number of hydrogen-bond acceptors (Lipinski definition) is 8. The molecule has 1 atom stereocenters. The van der Waals surface area contributed by atoms with E-state index in [1.54, 1.807) is 17.9 Å². The van der Waals surface area contributed by atoms with Crippen LogP contribution in [0.2, 0.25) is 0 Å². The number of nitrogens with one attached hydrogen (secondary N) is 2. The van der Waals surface area contributed by atoms with Crippen molar-refractivity contribution in [3.8, 4) is 0 Å². The SMILES string of the molecule is C.CCOC(=O)/C=C/CC[C@H](NC(=O)CCC(=O)O)C(=O)Cc1cccn(CC(=O)CCCN2CCNC2=O)c1=O. The lowest BCUT2D eigenvalue weighted by Crippen LogP contribution is -2.42. The highest BCUT2D eigenvalue weighted by Crippen LogP contribution is 2.07. The number of nitrogens with zero attached hydrogens (tertiary/aromatic N) is 2. The highest BCUT2D eigenvalue weighted by atomic mass is 16.5. The Balaban J connectivity index is 0.00000840. The zero-order chi connectivity index (χ0) is 29.5. The average Bonchev–Trinajstić information content (AvgIpc) is 3.31. The predicted octanol–water partition coefficient (Wildman–Crippen LogP) is 1.22. The Morgan fingerprint density at radius 2 is 1.93 bits per heavy atom. The van der Waals surface area contributed by atoms with Crippen LogP contribution in [0.25, 0.3) is 0 Å². The van der Waals surface area contributed by atoms with Gasteiger partial charge in [0, 0.05) is 56.7 Å². The number of aliphatic carboxylic acids is 1. The molecule has 0 radical (unpaired) electrons. The molecule has 1 aromatic rings. The van der Waals surface area contributed by atoms with E-state index >= 15 is 0 Å². The zero-order valence-corrected chi connectivity index (χ0v) is 22.6. The van der Waals surface area contributed by atoms with E-state index in [9.17, 15) is 33.6 Å². The number of carboxylic acid groups (broad SMARTS) is 1. The lowest BCUT2D eigenvalue weighted by atomic mass is 10.00. The van der Waals surface area contributed by atoms with Gasteiger partial charge in [-0.2, -0.15) is 0 Å². The largest absolute Gasteiger partial charge is 0.481 e. The summed E-state index contributed by atoms with van der Waals surface area (Å²) in [5.74, 6) is -2.99.